The van der Waals surface area contributed by atoms with Gasteiger partial charge in [0.1, 0.15) is 5.82 Å². The van der Waals surface area contributed by atoms with Gasteiger partial charge >= 0.3 is 24.3 Å². The maximum absolute atomic E-state index is 12.2. The topological polar surface area (TPSA) is 136 Å². The number of hydrogen-bond acceptors (Lipinski definition) is 6. The molecule has 0 amide bonds. The van der Waals surface area contributed by atoms with Crippen LogP contribution in [0.4, 0.5) is 26.3 Å². The van der Waals surface area contributed by atoms with Crippen LogP contribution in [-0.4, -0.2) is 73.5 Å². The van der Waals surface area contributed by atoms with Crippen molar-refractivity contribution < 1.29 is 46.1 Å². The van der Waals surface area contributed by atoms with Crippen molar-refractivity contribution in [3.05, 3.63) is 58.0 Å². The van der Waals surface area contributed by atoms with E-state index in [2.05, 4.69) is 28.7 Å². The monoisotopic (exact) mass is 622 g/mol. The Balaban J connectivity index is 0.000000384. The molecule has 1 aliphatic heterocycles. The number of likely N-dealkylation sites (tertiary alicyclic amines) is 1. The van der Waals surface area contributed by atoms with Gasteiger partial charge in [-0.2, -0.15) is 26.3 Å². The number of carbonyl (C=O) groups is 2. The van der Waals surface area contributed by atoms with E-state index in [1.165, 1.54) is 25.7 Å². The molecule has 43 heavy (non-hydrogen) atoms. The molecular weight excluding hydrogens is 586 g/mol. The van der Waals surface area contributed by atoms with E-state index in [1.807, 2.05) is 24.4 Å². The third-order valence-corrected chi connectivity index (χ3v) is 7.28. The maximum Gasteiger partial charge on any atom is 0.490 e. The Kier molecular flexibility index (Phi) is 12.7. The number of carboxylic acids is 2. The van der Waals surface area contributed by atoms with Gasteiger partial charge in [-0.05, 0) is 69.2 Å². The molecule has 9 nitrogen and oxygen atoms in total. The molecule has 1 atom stereocenters. The summed E-state index contributed by atoms with van der Waals surface area (Å²) in [6.07, 6.45) is 0.737. The second kappa shape index (κ2) is 15.3. The average molecular weight is 623 g/mol. The van der Waals surface area contributed by atoms with Gasteiger partial charge < -0.3 is 20.1 Å². The van der Waals surface area contributed by atoms with Gasteiger partial charge in [-0.25, -0.2) is 14.6 Å². The predicted molar refractivity (Wildman–Crippen MR) is 143 cm³/mol. The highest BCUT2D eigenvalue weighted by Gasteiger charge is 2.39. The van der Waals surface area contributed by atoms with E-state index in [9.17, 15) is 31.1 Å². The quantitative estimate of drug-likeness (QED) is 0.379. The van der Waals surface area contributed by atoms with Crippen LogP contribution in [0.2, 0.25) is 0 Å². The van der Waals surface area contributed by atoms with E-state index < -0.39 is 24.3 Å². The highest BCUT2D eigenvalue weighted by atomic mass is 19.4. The molecule has 0 aromatic carbocycles. The number of aromatic amines is 1. The average Bonchev–Trinajstić information content (AvgIpc) is 2.91. The molecule has 0 spiro atoms. The summed E-state index contributed by atoms with van der Waals surface area (Å²) < 4.78 is 63.5. The highest BCUT2D eigenvalue weighted by Crippen LogP contribution is 2.39. The van der Waals surface area contributed by atoms with Gasteiger partial charge in [0.15, 0.2) is 0 Å². The van der Waals surface area contributed by atoms with E-state index in [0.717, 1.165) is 62.0 Å². The van der Waals surface area contributed by atoms with Crippen LogP contribution in [0, 0.1) is 5.41 Å². The summed E-state index contributed by atoms with van der Waals surface area (Å²) in [5, 5.41) is 14.2. The summed E-state index contributed by atoms with van der Waals surface area (Å²) in [5.41, 5.74) is 2.47. The molecule has 2 aliphatic rings. The highest BCUT2D eigenvalue weighted by molar-refractivity contribution is 5.73. The van der Waals surface area contributed by atoms with E-state index in [4.69, 9.17) is 24.8 Å². The Morgan fingerprint density at radius 1 is 1.00 bits per heavy atom. The third kappa shape index (κ3) is 12.7. The molecule has 240 valence electrons. The number of rotatable bonds is 5. The molecule has 2 fully saturated rings. The predicted octanol–water partition coefficient (Wildman–Crippen LogP) is 5.36. The molecule has 1 saturated carbocycles. The zero-order chi connectivity index (χ0) is 32.4. The minimum absolute atomic E-state index is 0.0255. The molecule has 2 aromatic heterocycles. The van der Waals surface area contributed by atoms with Gasteiger partial charge in [-0.15, -0.1) is 0 Å². The van der Waals surface area contributed by atoms with Crippen LogP contribution in [0.15, 0.2) is 35.3 Å². The Morgan fingerprint density at radius 2 is 1.58 bits per heavy atom. The molecule has 15 heteroatoms. The third-order valence-electron chi connectivity index (χ3n) is 7.28. The molecule has 4 rings (SSSR count). The lowest BCUT2D eigenvalue weighted by atomic mass is 9.74. The number of aliphatic carboxylic acids is 2. The van der Waals surface area contributed by atoms with Crippen LogP contribution < -0.4 is 5.56 Å². The fraction of sp³-hybridized carbons (Fsp3) is 0.607. The number of aryl methyl sites for hydroxylation is 2. The molecule has 0 radical (unpaired) electrons. The lowest BCUT2D eigenvalue weighted by Gasteiger charge is -2.44. The molecule has 0 bridgehead atoms. The van der Waals surface area contributed by atoms with Crippen molar-refractivity contribution in [2.24, 2.45) is 5.41 Å². The first-order valence-electron chi connectivity index (χ1n) is 13.7. The summed E-state index contributed by atoms with van der Waals surface area (Å²) >= 11 is 0. The summed E-state index contributed by atoms with van der Waals surface area (Å²) in [6.45, 7) is 7.09. The van der Waals surface area contributed by atoms with Crippen LogP contribution in [-0.2, 0) is 22.4 Å². The number of H-pyrrole nitrogens is 1. The Morgan fingerprint density at radius 3 is 2.07 bits per heavy atom. The molecular formula is C28H36F6N4O5. The first-order chi connectivity index (χ1) is 19.9. The number of nitrogens with one attached hydrogen (secondary N) is 1. The van der Waals surface area contributed by atoms with Crippen molar-refractivity contribution in [1.82, 2.24) is 19.9 Å². The van der Waals surface area contributed by atoms with Crippen molar-refractivity contribution >= 4 is 11.9 Å². The molecule has 2 aromatic rings. The second-order valence-corrected chi connectivity index (χ2v) is 11.3. The van der Waals surface area contributed by atoms with Crippen molar-refractivity contribution in [2.75, 3.05) is 13.1 Å². The number of nitrogens with zero attached hydrogens (tertiary/aromatic N) is 3. The van der Waals surface area contributed by atoms with Gasteiger partial charge in [-0.1, -0.05) is 26.3 Å². The van der Waals surface area contributed by atoms with Gasteiger partial charge in [0, 0.05) is 36.3 Å². The fourth-order valence-corrected chi connectivity index (χ4v) is 5.18. The summed E-state index contributed by atoms with van der Waals surface area (Å²) in [7, 11) is 0. The minimum Gasteiger partial charge on any atom is -0.475 e. The lowest BCUT2D eigenvalue weighted by Crippen LogP contribution is -2.45. The van der Waals surface area contributed by atoms with Crippen molar-refractivity contribution in [3.63, 3.8) is 0 Å². The normalized spacial score (nSPS) is 19.3. The first-order valence-corrected chi connectivity index (χ1v) is 13.7. The number of hydrogen-bond donors (Lipinski definition) is 3. The van der Waals surface area contributed by atoms with E-state index >= 15 is 0 Å². The number of pyridine rings is 1. The molecule has 3 N–H and O–H groups in total. The number of alkyl halides is 6. The smallest absolute Gasteiger partial charge is 0.475 e. The Bertz CT molecular complexity index is 1220. The second-order valence-electron chi connectivity index (χ2n) is 11.3. The number of piperidine rings is 1. The van der Waals surface area contributed by atoms with Gasteiger partial charge in [0.25, 0.3) is 5.56 Å². The van der Waals surface area contributed by atoms with E-state index in [-0.39, 0.29) is 5.56 Å². The molecule has 3 heterocycles. The van der Waals surface area contributed by atoms with Crippen LogP contribution in [0.25, 0.3) is 0 Å². The number of halogens is 6. The lowest BCUT2D eigenvalue weighted by molar-refractivity contribution is -0.193. The zero-order valence-corrected chi connectivity index (χ0v) is 23.8. The van der Waals surface area contributed by atoms with Gasteiger partial charge in [0.05, 0.1) is 5.69 Å². The van der Waals surface area contributed by atoms with Crippen LogP contribution in [0.5, 0.6) is 0 Å². The number of carboxylic acid groups (broad SMARTS) is 2. The van der Waals surface area contributed by atoms with E-state index in [0.29, 0.717) is 11.3 Å². The SMILES string of the molecule is CC1(C)CCCC(N2CCC(c3cc(=O)[nH]c(CCc4ccccn4)n3)CC2)C1.O=C(O)C(F)(F)F.O=C(O)C(F)(F)F. The summed E-state index contributed by atoms with van der Waals surface area (Å²) in [4.78, 5) is 44.8. The molecule has 1 saturated heterocycles. The van der Waals surface area contributed by atoms with Gasteiger partial charge in [0.2, 0.25) is 0 Å². The zero-order valence-electron chi connectivity index (χ0n) is 23.8. The summed E-state index contributed by atoms with van der Waals surface area (Å²) in [6, 6.07) is 8.39. The van der Waals surface area contributed by atoms with Crippen molar-refractivity contribution in [1.29, 1.82) is 0 Å². The Hall–Kier alpha value is -3.49. The van der Waals surface area contributed by atoms with Crippen molar-refractivity contribution in [2.45, 2.75) is 89.5 Å². The fourth-order valence-electron chi connectivity index (χ4n) is 5.18. The van der Waals surface area contributed by atoms with Crippen LogP contribution in [0.1, 0.15) is 75.5 Å². The summed E-state index contributed by atoms with van der Waals surface area (Å²) in [5.74, 6) is -4.33. The number of aromatic nitrogens is 3. The van der Waals surface area contributed by atoms with Crippen molar-refractivity contribution in [3.8, 4) is 0 Å². The van der Waals surface area contributed by atoms with E-state index in [1.54, 1.807) is 6.07 Å². The molecule has 1 unspecified atom stereocenters. The Labute approximate surface area is 244 Å². The minimum atomic E-state index is -5.08. The van der Waals surface area contributed by atoms with Crippen LogP contribution >= 0.6 is 0 Å². The maximum atomic E-state index is 12.2. The largest absolute Gasteiger partial charge is 0.490 e. The molecule has 1 aliphatic carbocycles. The van der Waals surface area contributed by atoms with Crippen LogP contribution in [0.3, 0.4) is 0 Å². The van der Waals surface area contributed by atoms with Gasteiger partial charge in [-0.3, -0.25) is 9.78 Å². The first kappa shape index (κ1) is 35.7. The standard InChI is InChI=1S/C24H34N4O.2C2HF3O2/c1-24(2)12-5-7-20(17-24)28-14-10-18(11-15-28)21-16-23(29)27-22(26-21)9-8-19-6-3-4-13-25-19;2*3-2(4,5)1(6)7/h3-4,6,13,16,18,20H,5,7-12,14-15,17H2,1-2H3,(H,26,27,29);2*(H,6,7).